The Balaban J connectivity index is 2.25. The van der Waals surface area contributed by atoms with Crippen LogP contribution >= 0.6 is 0 Å². The topological polar surface area (TPSA) is 74.2 Å². The second kappa shape index (κ2) is 7.25. The Bertz CT molecular complexity index is 843. The molecule has 2 aromatic rings. The standard InChI is InChI=1S/C20H22O6/c1-5-15(21)13-9-14-18(19(24-4)17(13)23-3)26-16-7-6-11(2)8-12(16)10-25-20(14)22/h6-9,15,21H,5,10H2,1-4H3. The van der Waals surface area contributed by atoms with Crippen molar-refractivity contribution in [2.45, 2.75) is 33.0 Å². The summed E-state index contributed by atoms with van der Waals surface area (Å²) in [5, 5.41) is 10.3. The average Bonchev–Trinajstić information content (AvgIpc) is 2.65. The van der Waals surface area contributed by atoms with Crippen molar-refractivity contribution in [3.8, 4) is 23.0 Å². The summed E-state index contributed by atoms with van der Waals surface area (Å²) in [6.45, 7) is 3.90. The van der Waals surface area contributed by atoms with Gasteiger partial charge in [-0.15, -0.1) is 0 Å². The number of aliphatic hydroxyl groups is 1. The molecule has 0 aromatic heterocycles. The van der Waals surface area contributed by atoms with Crippen LogP contribution in [0.25, 0.3) is 0 Å². The van der Waals surface area contributed by atoms with Crippen LogP contribution in [-0.4, -0.2) is 25.3 Å². The lowest BCUT2D eigenvalue weighted by Gasteiger charge is -2.24. The van der Waals surface area contributed by atoms with E-state index in [0.29, 0.717) is 23.5 Å². The van der Waals surface area contributed by atoms with E-state index in [1.165, 1.54) is 14.2 Å². The summed E-state index contributed by atoms with van der Waals surface area (Å²) in [5.41, 5.74) is 2.45. The zero-order chi connectivity index (χ0) is 18.8. The summed E-state index contributed by atoms with van der Waals surface area (Å²) in [4.78, 5) is 12.6. The van der Waals surface area contributed by atoms with Gasteiger partial charge in [0.15, 0.2) is 11.5 Å². The van der Waals surface area contributed by atoms with Crippen molar-refractivity contribution in [3.63, 3.8) is 0 Å². The number of hydrogen-bond donors (Lipinski definition) is 1. The predicted molar refractivity (Wildman–Crippen MR) is 95.2 cm³/mol. The Kier molecular flexibility index (Phi) is 5.04. The number of carbonyl (C=O) groups excluding carboxylic acids is 1. The maximum absolute atomic E-state index is 12.6. The van der Waals surface area contributed by atoms with Gasteiger partial charge in [-0.2, -0.15) is 0 Å². The molecule has 1 heterocycles. The fraction of sp³-hybridized carbons (Fsp3) is 0.350. The van der Waals surface area contributed by atoms with Crippen LogP contribution in [0, 0.1) is 6.92 Å². The number of hydrogen-bond acceptors (Lipinski definition) is 6. The molecule has 1 aliphatic heterocycles. The lowest BCUT2D eigenvalue weighted by atomic mass is 10.0. The molecule has 138 valence electrons. The molecule has 0 saturated heterocycles. The molecule has 1 unspecified atom stereocenters. The minimum absolute atomic E-state index is 0.106. The number of methoxy groups -OCH3 is 2. The van der Waals surface area contributed by atoms with Gasteiger partial charge in [0.1, 0.15) is 17.9 Å². The number of carbonyl (C=O) groups is 1. The SMILES string of the molecule is CCC(O)c1cc2c(c(OC)c1OC)Oc1ccc(C)cc1COC2=O. The van der Waals surface area contributed by atoms with Crippen molar-refractivity contribution in [1.82, 2.24) is 0 Å². The maximum atomic E-state index is 12.6. The largest absolute Gasteiger partial charge is 0.492 e. The second-order valence-corrected chi connectivity index (χ2v) is 6.12. The van der Waals surface area contributed by atoms with E-state index >= 15 is 0 Å². The summed E-state index contributed by atoms with van der Waals surface area (Å²) in [7, 11) is 2.94. The van der Waals surface area contributed by atoms with Crippen molar-refractivity contribution < 1.29 is 28.8 Å². The van der Waals surface area contributed by atoms with Gasteiger partial charge < -0.3 is 24.1 Å². The first-order valence-electron chi connectivity index (χ1n) is 8.41. The molecule has 1 aliphatic rings. The van der Waals surface area contributed by atoms with E-state index in [1.54, 1.807) is 6.07 Å². The number of aryl methyl sites for hydroxylation is 1. The molecular weight excluding hydrogens is 336 g/mol. The molecule has 1 atom stereocenters. The lowest BCUT2D eigenvalue weighted by molar-refractivity contribution is 0.0458. The number of benzene rings is 2. The molecule has 2 aromatic carbocycles. The predicted octanol–water partition coefficient (Wildman–Crippen LogP) is 3.92. The third kappa shape index (κ3) is 3.08. The van der Waals surface area contributed by atoms with Crippen LogP contribution in [0.15, 0.2) is 24.3 Å². The van der Waals surface area contributed by atoms with Gasteiger partial charge in [-0.1, -0.05) is 18.6 Å². The summed E-state index contributed by atoms with van der Waals surface area (Å²) in [6.07, 6.45) is -0.353. The van der Waals surface area contributed by atoms with Crippen LogP contribution in [0.4, 0.5) is 0 Å². The minimum Gasteiger partial charge on any atom is -0.492 e. The van der Waals surface area contributed by atoms with E-state index < -0.39 is 12.1 Å². The van der Waals surface area contributed by atoms with Gasteiger partial charge in [0, 0.05) is 11.1 Å². The summed E-state index contributed by atoms with van der Waals surface area (Å²) < 4.78 is 22.4. The van der Waals surface area contributed by atoms with E-state index in [4.69, 9.17) is 18.9 Å². The van der Waals surface area contributed by atoms with E-state index in [-0.39, 0.29) is 23.7 Å². The summed E-state index contributed by atoms with van der Waals surface area (Å²) in [6, 6.07) is 7.20. The third-order valence-electron chi connectivity index (χ3n) is 4.38. The van der Waals surface area contributed by atoms with Gasteiger partial charge >= 0.3 is 5.97 Å². The molecule has 26 heavy (non-hydrogen) atoms. The third-order valence-corrected chi connectivity index (χ3v) is 4.38. The normalized spacial score (nSPS) is 14.1. The van der Waals surface area contributed by atoms with Gasteiger partial charge in [-0.25, -0.2) is 4.79 Å². The van der Waals surface area contributed by atoms with Gasteiger partial charge in [0.2, 0.25) is 5.75 Å². The maximum Gasteiger partial charge on any atom is 0.342 e. The minimum atomic E-state index is -0.808. The fourth-order valence-corrected chi connectivity index (χ4v) is 3.01. The molecule has 0 amide bonds. The number of ether oxygens (including phenoxy) is 4. The molecule has 0 saturated carbocycles. The van der Waals surface area contributed by atoms with Crippen molar-refractivity contribution in [2.75, 3.05) is 14.2 Å². The number of cyclic esters (lactones) is 1. The molecule has 0 spiro atoms. The Morgan fingerprint density at radius 3 is 2.58 bits per heavy atom. The molecule has 0 radical (unpaired) electrons. The van der Waals surface area contributed by atoms with Crippen LogP contribution in [0.1, 0.15) is 46.5 Å². The van der Waals surface area contributed by atoms with Crippen molar-refractivity contribution >= 4 is 5.97 Å². The van der Waals surface area contributed by atoms with Gasteiger partial charge in [0.05, 0.1) is 20.3 Å². The molecule has 6 heteroatoms. The van der Waals surface area contributed by atoms with Crippen molar-refractivity contribution in [2.24, 2.45) is 0 Å². The first-order chi connectivity index (χ1) is 12.5. The number of esters is 1. The van der Waals surface area contributed by atoms with Crippen LogP contribution in [-0.2, 0) is 11.3 Å². The Morgan fingerprint density at radius 1 is 1.19 bits per heavy atom. The molecule has 1 N–H and O–H groups in total. The summed E-state index contributed by atoms with van der Waals surface area (Å²) >= 11 is 0. The smallest absolute Gasteiger partial charge is 0.342 e. The lowest BCUT2D eigenvalue weighted by Crippen LogP contribution is -2.14. The van der Waals surface area contributed by atoms with Crippen LogP contribution in [0.2, 0.25) is 0 Å². The first kappa shape index (κ1) is 18.1. The van der Waals surface area contributed by atoms with Crippen LogP contribution in [0.3, 0.4) is 0 Å². The second-order valence-electron chi connectivity index (χ2n) is 6.12. The molecule has 6 nitrogen and oxygen atoms in total. The molecule has 0 fully saturated rings. The van der Waals surface area contributed by atoms with Crippen LogP contribution < -0.4 is 14.2 Å². The van der Waals surface area contributed by atoms with Crippen molar-refractivity contribution in [3.05, 3.63) is 46.5 Å². The van der Waals surface area contributed by atoms with Crippen LogP contribution in [0.5, 0.6) is 23.0 Å². The first-order valence-corrected chi connectivity index (χ1v) is 8.41. The summed E-state index contributed by atoms with van der Waals surface area (Å²) in [5.74, 6) is 0.831. The molecular formula is C20H22O6. The van der Waals surface area contributed by atoms with Gasteiger partial charge in [0.25, 0.3) is 0 Å². The zero-order valence-electron chi connectivity index (χ0n) is 15.3. The quantitative estimate of drug-likeness (QED) is 0.835. The monoisotopic (exact) mass is 358 g/mol. The highest BCUT2D eigenvalue weighted by Crippen LogP contribution is 2.48. The average molecular weight is 358 g/mol. The highest BCUT2D eigenvalue weighted by molar-refractivity contribution is 5.95. The highest BCUT2D eigenvalue weighted by Gasteiger charge is 2.30. The van der Waals surface area contributed by atoms with E-state index in [9.17, 15) is 9.90 Å². The van der Waals surface area contributed by atoms with E-state index in [2.05, 4.69) is 0 Å². The Labute approximate surface area is 152 Å². The molecule has 0 aliphatic carbocycles. The van der Waals surface area contributed by atoms with Crippen molar-refractivity contribution in [1.29, 1.82) is 0 Å². The zero-order valence-corrected chi connectivity index (χ0v) is 15.3. The molecule has 3 rings (SSSR count). The molecule has 0 bridgehead atoms. The highest BCUT2D eigenvalue weighted by atomic mass is 16.6. The van der Waals surface area contributed by atoms with E-state index in [0.717, 1.165) is 11.1 Å². The Morgan fingerprint density at radius 2 is 1.92 bits per heavy atom. The number of fused-ring (bicyclic) bond motifs is 2. The van der Waals surface area contributed by atoms with E-state index in [1.807, 2.05) is 32.0 Å². The Hall–Kier alpha value is -2.73. The number of rotatable bonds is 4. The van der Waals surface area contributed by atoms with Gasteiger partial charge in [-0.3, -0.25) is 0 Å². The number of aliphatic hydroxyl groups excluding tert-OH is 1. The fourth-order valence-electron chi connectivity index (χ4n) is 3.01. The van der Waals surface area contributed by atoms with Gasteiger partial charge in [-0.05, 0) is 31.5 Å².